The van der Waals surface area contributed by atoms with Crippen molar-refractivity contribution in [2.75, 3.05) is 39.3 Å². The first kappa shape index (κ1) is 17.8. The molecule has 0 radical (unpaired) electrons. The minimum absolute atomic E-state index is 0. The molecule has 0 saturated carbocycles. The molecule has 0 unspecified atom stereocenters. The van der Waals surface area contributed by atoms with Crippen LogP contribution in [0.5, 0.6) is 5.88 Å². The lowest BCUT2D eigenvalue weighted by Gasteiger charge is -2.31. The Morgan fingerprint density at radius 3 is 2.76 bits per heavy atom. The number of rotatable bonds is 5. The van der Waals surface area contributed by atoms with Crippen LogP contribution in [0.4, 0.5) is 4.79 Å². The number of nitrogens with zero attached hydrogens (tertiary/aromatic N) is 2. The molecule has 6 nitrogen and oxygen atoms in total. The number of ether oxygens (including phenoxy) is 1. The van der Waals surface area contributed by atoms with Crippen LogP contribution in [0.15, 0.2) is 18.2 Å². The van der Waals surface area contributed by atoms with E-state index in [0.29, 0.717) is 17.6 Å². The van der Waals surface area contributed by atoms with Crippen LogP contribution >= 0.6 is 11.6 Å². The van der Waals surface area contributed by atoms with Gasteiger partial charge in [-0.2, -0.15) is 0 Å². The Balaban J connectivity index is 0.00000220. The summed E-state index contributed by atoms with van der Waals surface area (Å²) in [6, 6.07) is 5.01. The van der Waals surface area contributed by atoms with E-state index in [0.717, 1.165) is 39.1 Å². The average molecular weight is 335 g/mol. The first-order valence-electron chi connectivity index (χ1n) is 6.78. The molecular weight excluding hydrogens is 315 g/mol. The number of quaternary nitrogens is 1. The number of primary amides is 1. The molecule has 2 amide bonds. The predicted octanol–water partition coefficient (Wildman–Crippen LogP) is -3.21. The molecule has 1 saturated heterocycles. The third-order valence-corrected chi connectivity index (χ3v) is 3.61. The molecule has 1 aromatic heterocycles. The van der Waals surface area contributed by atoms with Gasteiger partial charge in [0.05, 0.1) is 39.3 Å². The monoisotopic (exact) mass is 334 g/mol. The fraction of sp³-hybridized carbons (Fsp3) is 0.538. The summed E-state index contributed by atoms with van der Waals surface area (Å²) in [4.78, 5) is 18.2. The first-order chi connectivity index (χ1) is 9.65. The Labute approximate surface area is 135 Å². The van der Waals surface area contributed by atoms with Crippen molar-refractivity contribution < 1.29 is 26.8 Å². The van der Waals surface area contributed by atoms with Crippen molar-refractivity contribution in [1.29, 1.82) is 0 Å². The highest BCUT2D eigenvalue weighted by Gasteiger charge is 2.21. The van der Waals surface area contributed by atoms with Crippen LogP contribution in [0.25, 0.3) is 0 Å². The van der Waals surface area contributed by atoms with Crippen LogP contribution in [0.1, 0.15) is 6.42 Å². The minimum atomic E-state index is -0.320. The van der Waals surface area contributed by atoms with Gasteiger partial charge in [0.25, 0.3) is 0 Å². The number of halogens is 2. The van der Waals surface area contributed by atoms with Crippen molar-refractivity contribution in [3.8, 4) is 5.88 Å². The van der Waals surface area contributed by atoms with E-state index < -0.39 is 0 Å². The van der Waals surface area contributed by atoms with E-state index in [4.69, 9.17) is 22.1 Å². The molecule has 0 bridgehead atoms. The molecule has 0 aliphatic carbocycles. The van der Waals surface area contributed by atoms with Gasteiger partial charge in [-0.15, -0.1) is 0 Å². The number of carbonyl (C=O) groups excluding carboxylic acids is 1. The van der Waals surface area contributed by atoms with Gasteiger partial charge in [0.15, 0.2) is 0 Å². The van der Waals surface area contributed by atoms with Gasteiger partial charge in [-0.25, -0.2) is 9.78 Å². The molecule has 1 aromatic rings. The first-order valence-corrected chi connectivity index (χ1v) is 7.16. The number of hydrogen-bond acceptors (Lipinski definition) is 3. The van der Waals surface area contributed by atoms with E-state index in [1.807, 2.05) is 6.07 Å². The normalized spacial score (nSPS) is 15.4. The summed E-state index contributed by atoms with van der Waals surface area (Å²) in [5, 5.41) is 0.440. The van der Waals surface area contributed by atoms with Crippen molar-refractivity contribution in [3.63, 3.8) is 0 Å². The van der Waals surface area contributed by atoms with Crippen LogP contribution < -0.4 is 27.8 Å². The summed E-state index contributed by atoms with van der Waals surface area (Å²) in [7, 11) is 0. The fourth-order valence-electron chi connectivity index (χ4n) is 2.26. The summed E-state index contributed by atoms with van der Waals surface area (Å²) in [6.45, 7) is 5.00. The van der Waals surface area contributed by atoms with Crippen molar-refractivity contribution >= 4 is 17.6 Å². The third-order valence-electron chi connectivity index (χ3n) is 3.40. The molecule has 118 valence electrons. The van der Waals surface area contributed by atoms with Gasteiger partial charge >= 0.3 is 6.03 Å². The number of hydrogen-bond donors (Lipinski definition) is 2. The molecule has 3 N–H and O–H groups in total. The van der Waals surface area contributed by atoms with Crippen LogP contribution in [0.3, 0.4) is 0 Å². The molecule has 2 rings (SSSR count). The molecule has 0 atom stereocenters. The molecule has 1 aliphatic rings. The summed E-state index contributed by atoms with van der Waals surface area (Å²) in [5.74, 6) is 0.561. The number of aromatic nitrogens is 1. The maximum atomic E-state index is 11.0. The number of carbonyl (C=O) groups is 1. The Bertz CT molecular complexity index is 454. The largest absolute Gasteiger partial charge is 1.00 e. The third kappa shape index (κ3) is 5.95. The summed E-state index contributed by atoms with van der Waals surface area (Å²) in [6.07, 6.45) is 0.945. The van der Waals surface area contributed by atoms with Gasteiger partial charge in [-0.1, -0.05) is 17.7 Å². The highest BCUT2D eigenvalue weighted by molar-refractivity contribution is 6.29. The Morgan fingerprint density at radius 2 is 2.14 bits per heavy atom. The standard InChI is InChI=1S/C13H19ClN4O2.ClH/c14-11-3-1-4-12(16-11)20-10-2-5-17-6-8-18(9-7-17)13(15)19;/h1,3-4H,2,5-10H2,(H2,15,19);1H. The van der Waals surface area contributed by atoms with Crippen molar-refractivity contribution in [1.82, 2.24) is 9.88 Å². The molecule has 1 aliphatic heterocycles. The summed E-state index contributed by atoms with van der Waals surface area (Å²) >= 11 is 5.78. The predicted molar refractivity (Wildman–Crippen MR) is 76.1 cm³/mol. The minimum Gasteiger partial charge on any atom is -1.00 e. The highest BCUT2D eigenvalue weighted by Crippen LogP contribution is 2.11. The number of piperazine rings is 1. The zero-order valence-corrected chi connectivity index (χ0v) is 13.2. The zero-order chi connectivity index (χ0) is 14.4. The quantitative estimate of drug-likeness (QED) is 0.440. The van der Waals surface area contributed by atoms with E-state index in [9.17, 15) is 4.79 Å². The van der Waals surface area contributed by atoms with E-state index in [1.165, 1.54) is 4.90 Å². The summed E-state index contributed by atoms with van der Waals surface area (Å²) < 4.78 is 5.54. The Hall–Kier alpha value is -1.24. The van der Waals surface area contributed by atoms with Crippen LogP contribution in [0, 0.1) is 0 Å². The topological polar surface area (TPSA) is 72.9 Å². The van der Waals surface area contributed by atoms with E-state index >= 15 is 0 Å². The van der Waals surface area contributed by atoms with Gasteiger partial charge in [-0.05, 0) is 6.07 Å². The number of urea groups is 1. The van der Waals surface area contributed by atoms with E-state index in [2.05, 4.69) is 4.98 Å². The van der Waals surface area contributed by atoms with Gasteiger partial charge in [0.2, 0.25) is 5.88 Å². The average Bonchev–Trinajstić information content (AvgIpc) is 2.44. The second kappa shape index (κ2) is 8.92. The highest BCUT2D eigenvalue weighted by atomic mass is 35.5. The fourth-order valence-corrected chi connectivity index (χ4v) is 2.42. The lowest BCUT2D eigenvalue weighted by atomic mass is 10.3. The zero-order valence-electron chi connectivity index (χ0n) is 11.7. The summed E-state index contributed by atoms with van der Waals surface area (Å²) in [5.41, 5.74) is 5.25. The van der Waals surface area contributed by atoms with Crippen molar-refractivity contribution in [2.45, 2.75) is 6.42 Å². The molecule has 8 heteroatoms. The SMILES string of the molecule is NC(=O)N1CC[NH+](CCCOc2cccc(Cl)n2)CC1.[Cl-]. The molecular formula is C13H20Cl2N4O2. The molecule has 0 spiro atoms. The Morgan fingerprint density at radius 1 is 1.43 bits per heavy atom. The molecule has 21 heavy (non-hydrogen) atoms. The van der Waals surface area contributed by atoms with Gasteiger partial charge in [-0.3, -0.25) is 0 Å². The molecule has 0 aromatic carbocycles. The van der Waals surface area contributed by atoms with Crippen molar-refractivity contribution in [2.24, 2.45) is 5.73 Å². The lowest BCUT2D eigenvalue weighted by Crippen LogP contribution is -3.14. The maximum Gasteiger partial charge on any atom is 0.315 e. The molecule has 1 fully saturated rings. The van der Waals surface area contributed by atoms with Crippen LogP contribution in [-0.2, 0) is 0 Å². The van der Waals surface area contributed by atoms with Gasteiger partial charge in [0, 0.05) is 12.5 Å². The Kier molecular flexibility index (Phi) is 7.56. The van der Waals surface area contributed by atoms with Gasteiger partial charge < -0.3 is 32.7 Å². The second-order valence-corrected chi connectivity index (χ2v) is 5.21. The van der Waals surface area contributed by atoms with E-state index in [1.54, 1.807) is 17.0 Å². The van der Waals surface area contributed by atoms with Crippen LogP contribution in [-0.4, -0.2) is 55.2 Å². The number of nitrogens with one attached hydrogen (secondary N) is 1. The maximum absolute atomic E-state index is 11.0. The van der Waals surface area contributed by atoms with Crippen molar-refractivity contribution in [3.05, 3.63) is 23.4 Å². The molecule has 2 heterocycles. The second-order valence-electron chi connectivity index (χ2n) is 4.83. The van der Waals surface area contributed by atoms with Crippen LogP contribution in [0.2, 0.25) is 5.15 Å². The lowest BCUT2D eigenvalue weighted by molar-refractivity contribution is -0.904. The smallest absolute Gasteiger partial charge is 0.315 e. The number of nitrogens with two attached hydrogens (primary N) is 1. The van der Waals surface area contributed by atoms with Gasteiger partial charge in [0.1, 0.15) is 5.15 Å². The number of pyridine rings is 1. The van der Waals surface area contributed by atoms with E-state index in [-0.39, 0.29) is 18.4 Å². The number of amides is 2.